The van der Waals surface area contributed by atoms with Crippen LogP contribution in [0.2, 0.25) is 0 Å². The number of rotatable bonds is 5. The summed E-state index contributed by atoms with van der Waals surface area (Å²) in [5.41, 5.74) is 7.01. The number of aromatic nitrogens is 1. The van der Waals surface area contributed by atoms with E-state index in [1.807, 2.05) is 12.1 Å². The highest BCUT2D eigenvalue weighted by molar-refractivity contribution is 5.49. The molecule has 0 atom stereocenters. The van der Waals surface area contributed by atoms with Gasteiger partial charge in [0, 0.05) is 18.4 Å². The summed E-state index contributed by atoms with van der Waals surface area (Å²) >= 11 is 0. The maximum atomic E-state index is 5.42. The number of aryl methyl sites for hydroxylation is 1. The van der Waals surface area contributed by atoms with Crippen molar-refractivity contribution in [3.05, 3.63) is 53.9 Å². The molecule has 0 radical (unpaired) electrons. The molecule has 0 bridgehead atoms. The summed E-state index contributed by atoms with van der Waals surface area (Å²) in [4.78, 5) is 6.67. The summed E-state index contributed by atoms with van der Waals surface area (Å²) in [6.45, 7) is 5.96. The number of nitrogen functional groups attached to an aromatic ring is 1. The highest BCUT2D eigenvalue weighted by Gasteiger charge is 2.06. The van der Waals surface area contributed by atoms with Crippen molar-refractivity contribution in [2.24, 2.45) is 5.84 Å². The Morgan fingerprint density at radius 2 is 2.11 bits per heavy atom. The molecule has 3 N–H and O–H groups in total. The molecule has 19 heavy (non-hydrogen) atoms. The van der Waals surface area contributed by atoms with Crippen molar-refractivity contribution in [3.8, 4) is 0 Å². The maximum Gasteiger partial charge on any atom is 0.0617 e. The molecule has 0 aliphatic carbocycles. The van der Waals surface area contributed by atoms with Crippen LogP contribution in [0.25, 0.3) is 0 Å². The topological polar surface area (TPSA) is 54.2 Å². The molecule has 2 aromatic rings. The Morgan fingerprint density at radius 3 is 2.79 bits per heavy atom. The Hall–Kier alpha value is -2.07. The van der Waals surface area contributed by atoms with E-state index in [0.717, 1.165) is 24.5 Å². The van der Waals surface area contributed by atoms with Gasteiger partial charge in [0.25, 0.3) is 0 Å². The Labute approximate surface area is 114 Å². The van der Waals surface area contributed by atoms with E-state index in [1.165, 1.54) is 11.3 Å². The zero-order valence-corrected chi connectivity index (χ0v) is 11.4. The second-order valence-corrected chi connectivity index (χ2v) is 4.53. The third-order valence-electron chi connectivity index (χ3n) is 3.08. The van der Waals surface area contributed by atoms with E-state index in [4.69, 9.17) is 5.84 Å². The van der Waals surface area contributed by atoms with E-state index in [9.17, 15) is 0 Å². The fraction of sp³-hybridized carbons (Fsp3) is 0.267. The van der Waals surface area contributed by atoms with Gasteiger partial charge in [-0.15, -0.1) is 0 Å². The van der Waals surface area contributed by atoms with Gasteiger partial charge in [-0.05, 0) is 43.7 Å². The molecule has 0 spiro atoms. The highest BCUT2D eigenvalue weighted by Crippen LogP contribution is 2.18. The predicted octanol–water partition coefficient (Wildman–Crippen LogP) is 2.70. The van der Waals surface area contributed by atoms with Gasteiger partial charge in [0.1, 0.15) is 0 Å². The van der Waals surface area contributed by atoms with Crippen LogP contribution in [0.1, 0.15) is 18.2 Å². The van der Waals surface area contributed by atoms with Crippen molar-refractivity contribution in [2.45, 2.75) is 20.4 Å². The van der Waals surface area contributed by atoms with Crippen LogP contribution in [-0.2, 0) is 6.54 Å². The number of hydrazine groups is 1. The summed E-state index contributed by atoms with van der Waals surface area (Å²) in [5.74, 6) is 5.42. The molecule has 2 rings (SSSR count). The molecule has 100 valence electrons. The molecular weight excluding hydrogens is 236 g/mol. The van der Waals surface area contributed by atoms with E-state index in [-0.39, 0.29) is 0 Å². The number of hydrogen-bond acceptors (Lipinski definition) is 4. The molecule has 1 heterocycles. The summed E-state index contributed by atoms with van der Waals surface area (Å²) < 4.78 is 0. The molecule has 1 aromatic carbocycles. The Balaban J connectivity index is 2.18. The van der Waals surface area contributed by atoms with Crippen molar-refractivity contribution in [1.82, 2.24) is 4.98 Å². The first-order chi connectivity index (χ1) is 9.22. The van der Waals surface area contributed by atoms with Crippen molar-refractivity contribution < 1.29 is 0 Å². The van der Waals surface area contributed by atoms with E-state index in [1.54, 1.807) is 6.20 Å². The minimum Gasteiger partial charge on any atom is -0.366 e. The minimum absolute atomic E-state index is 0.773. The van der Waals surface area contributed by atoms with Gasteiger partial charge in [-0.1, -0.05) is 12.1 Å². The molecule has 0 aliphatic rings. The summed E-state index contributed by atoms with van der Waals surface area (Å²) in [7, 11) is 0. The van der Waals surface area contributed by atoms with Crippen LogP contribution in [0.4, 0.5) is 11.4 Å². The average Bonchev–Trinajstić information content (AvgIpc) is 2.45. The van der Waals surface area contributed by atoms with Crippen molar-refractivity contribution >= 4 is 11.4 Å². The van der Waals surface area contributed by atoms with Crippen LogP contribution in [-0.4, -0.2) is 11.5 Å². The van der Waals surface area contributed by atoms with Gasteiger partial charge in [-0.25, -0.2) is 0 Å². The SMILES string of the molecule is CCN(Cc1cc(NN)ccn1)c1cccc(C)c1. The Kier molecular flexibility index (Phi) is 4.36. The third kappa shape index (κ3) is 3.45. The normalized spacial score (nSPS) is 10.3. The maximum absolute atomic E-state index is 5.42. The van der Waals surface area contributed by atoms with Gasteiger partial charge >= 0.3 is 0 Å². The van der Waals surface area contributed by atoms with Gasteiger partial charge in [-0.2, -0.15) is 0 Å². The van der Waals surface area contributed by atoms with E-state index in [0.29, 0.717) is 0 Å². The number of pyridine rings is 1. The lowest BCUT2D eigenvalue weighted by Gasteiger charge is -2.23. The van der Waals surface area contributed by atoms with Gasteiger partial charge in [0.15, 0.2) is 0 Å². The van der Waals surface area contributed by atoms with E-state index in [2.05, 4.69) is 53.4 Å². The molecule has 0 unspecified atom stereocenters. The Morgan fingerprint density at radius 1 is 1.26 bits per heavy atom. The van der Waals surface area contributed by atoms with Crippen molar-refractivity contribution in [3.63, 3.8) is 0 Å². The number of nitrogens with one attached hydrogen (secondary N) is 1. The van der Waals surface area contributed by atoms with Gasteiger partial charge in [-0.3, -0.25) is 10.8 Å². The van der Waals surface area contributed by atoms with E-state index < -0.39 is 0 Å². The molecule has 0 amide bonds. The second kappa shape index (κ2) is 6.20. The van der Waals surface area contributed by atoms with Crippen molar-refractivity contribution in [2.75, 3.05) is 16.9 Å². The zero-order chi connectivity index (χ0) is 13.7. The molecular formula is C15H20N4. The lowest BCUT2D eigenvalue weighted by molar-refractivity contribution is 0.809. The lowest BCUT2D eigenvalue weighted by Crippen LogP contribution is -2.22. The Bertz CT molecular complexity index is 539. The zero-order valence-electron chi connectivity index (χ0n) is 11.4. The quantitative estimate of drug-likeness (QED) is 0.638. The molecule has 0 aliphatic heterocycles. The number of benzene rings is 1. The number of hydrogen-bond donors (Lipinski definition) is 2. The first-order valence-electron chi connectivity index (χ1n) is 6.46. The lowest BCUT2D eigenvalue weighted by atomic mass is 10.2. The molecule has 0 saturated heterocycles. The molecule has 1 aromatic heterocycles. The number of nitrogens with zero attached hydrogens (tertiary/aromatic N) is 2. The minimum atomic E-state index is 0.773. The second-order valence-electron chi connectivity index (χ2n) is 4.53. The highest BCUT2D eigenvalue weighted by atomic mass is 15.2. The first kappa shape index (κ1) is 13.4. The molecule has 4 nitrogen and oxygen atoms in total. The average molecular weight is 256 g/mol. The van der Waals surface area contributed by atoms with Gasteiger partial charge in [0.05, 0.1) is 17.9 Å². The first-order valence-corrected chi connectivity index (χ1v) is 6.46. The van der Waals surface area contributed by atoms with Crippen molar-refractivity contribution in [1.29, 1.82) is 0 Å². The van der Waals surface area contributed by atoms with Crippen LogP contribution in [0.5, 0.6) is 0 Å². The molecule has 0 fully saturated rings. The van der Waals surface area contributed by atoms with Gasteiger partial charge in [0.2, 0.25) is 0 Å². The van der Waals surface area contributed by atoms with Gasteiger partial charge < -0.3 is 10.3 Å². The van der Waals surface area contributed by atoms with Crippen LogP contribution >= 0.6 is 0 Å². The number of anilines is 2. The van der Waals surface area contributed by atoms with Crippen LogP contribution in [0.3, 0.4) is 0 Å². The standard InChI is InChI=1S/C15H20N4/c1-3-19(15-6-4-5-12(2)9-15)11-14-10-13(18-16)7-8-17-14/h4-10H,3,11,16H2,1-2H3,(H,17,18). The molecule has 4 heteroatoms. The smallest absolute Gasteiger partial charge is 0.0617 e. The van der Waals surface area contributed by atoms with Crippen LogP contribution < -0.4 is 16.2 Å². The third-order valence-corrected chi connectivity index (χ3v) is 3.08. The van der Waals surface area contributed by atoms with Crippen LogP contribution in [0, 0.1) is 6.92 Å². The molecule has 0 saturated carbocycles. The summed E-state index contributed by atoms with van der Waals surface area (Å²) in [5, 5.41) is 0. The van der Waals surface area contributed by atoms with Crippen LogP contribution in [0.15, 0.2) is 42.6 Å². The van der Waals surface area contributed by atoms with E-state index >= 15 is 0 Å². The largest absolute Gasteiger partial charge is 0.366 e. The fourth-order valence-corrected chi connectivity index (χ4v) is 2.06. The number of nitrogens with two attached hydrogens (primary N) is 1. The summed E-state index contributed by atoms with van der Waals surface area (Å²) in [6.07, 6.45) is 1.77. The predicted molar refractivity (Wildman–Crippen MR) is 80.0 cm³/mol. The fourth-order valence-electron chi connectivity index (χ4n) is 2.06. The summed E-state index contributed by atoms with van der Waals surface area (Å²) in [6, 6.07) is 12.3. The monoisotopic (exact) mass is 256 g/mol.